The van der Waals surface area contributed by atoms with E-state index in [0.717, 1.165) is 37.5 Å². The molecule has 0 saturated carbocycles. The van der Waals surface area contributed by atoms with Crippen LogP contribution in [0.4, 0.5) is 13.2 Å². The zero-order valence-corrected chi connectivity index (χ0v) is 17.1. The number of likely N-dealkylation sites (tertiary alicyclic amines) is 1. The van der Waals surface area contributed by atoms with Gasteiger partial charge in [-0.25, -0.2) is 14.8 Å². The lowest BCUT2D eigenvalue weighted by atomic mass is 9.98. The Hall–Kier alpha value is -3.14. The SMILES string of the molecule is Cc1cc(C)n2c(CN3CCC(c4ccc(O)cc4)C3)cnc2n1.O=C(O)C(F)(F)F. The quantitative estimate of drug-likeness (QED) is 0.651. The number of imidazole rings is 1. The van der Waals surface area contributed by atoms with Crippen LogP contribution in [0.15, 0.2) is 36.5 Å². The molecule has 1 aliphatic rings. The fourth-order valence-corrected chi connectivity index (χ4v) is 3.73. The van der Waals surface area contributed by atoms with Crippen LogP contribution in [0.1, 0.15) is 35.0 Å². The monoisotopic (exact) mass is 436 g/mol. The smallest absolute Gasteiger partial charge is 0.490 e. The first kappa shape index (κ1) is 22.5. The molecule has 166 valence electrons. The Morgan fingerprint density at radius 3 is 2.48 bits per heavy atom. The molecule has 1 aromatic carbocycles. The summed E-state index contributed by atoms with van der Waals surface area (Å²) in [6.07, 6.45) is -1.99. The van der Waals surface area contributed by atoms with Crippen LogP contribution in [0.3, 0.4) is 0 Å². The van der Waals surface area contributed by atoms with Crippen molar-refractivity contribution in [3.05, 3.63) is 59.2 Å². The van der Waals surface area contributed by atoms with Gasteiger partial charge in [0.25, 0.3) is 0 Å². The van der Waals surface area contributed by atoms with Crippen molar-refractivity contribution in [2.45, 2.75) is 38.9 Å². The van der Waals surface area contributed by atoms with E-state index in [9.17, 15) is 18.3 Å². The predicted octanol–water partition coefficient (Wildman–Crippen LogP) is 3.67. The molecule has 3 heterocycles. The maximum Gasteiger partial charge on any atom is 0.490 e. The second kappa shape index (κ2) is 8.93. The van der Waals surface area contributed by atoms with Crippen LogP contribution in [-0.2, 0) is 11.3 Å². The first-order valence-corrected chi connectivity index (χ1v) is 9.66. The van der Waals surface area contributed by atoms with E-state index in [0.29, 0.717) is 11.7 Å². The van der Waals surface area contributed by atoms with Gasteiger partial charge in [-0.15, -0.1) is 0 Å². The van der Waals surface area contributed by atoms with E-state index in [2.05, 4.69) is 32.3 Å². The van der Waals surface area contributed by atoms with Gasteiger partial charge in [-0.2, -0.15) is 13.2 Å². The number of aromatic hydroxyl groups is 1. The van der Waals surface area contributed by atoms with Crippen LogP contribution < -0.4 is 0 Å². The summed E-state index contributed by atoms with van der Waals surface area (Å²) >= 11 is 0. The summed E-state index contributed by atoms with van der Waals surface area (Å²) < 4.78 is 33.9. The Morgan fingerprint density at radius 1 is 1.23 bits per heavy atom. The first-order chi connectivity index (χ1) is 14.5. The second-order valence-corrected chi connectivity index (χ2v) is 7.54. The number of carboxylic acids is 1. The molecule has 3 aromatic rings. The zero-order valence-electron chi connectivity index (χ0n) is 17.1. The zero-order chi connectivity index (χ0) is 22.8. The summed E-state index contributed by atoms with van der Waals surface area (Å²) in [5, 5.41) is 16.6. The Labute approximate surface area is 176 Å². The normalized spacial score (nSPS) is 16.9. The minimum Gasteiger partial charge on any atom is -0.508 e. The molecule has 4 rings (SSSR count). The van der Waals surface area contributed by atoms with Gasteiger partial charge in [0.1, 0.15) is 5.75 Å². The topological polar surface area (TPSA) is 91.0 Å². The van der Waals surface area contributed by atoms with Gasteiger partial charge >= 0.3 is 12.1 Å². The number of carboxylic acid groups (broad SMARTS) is 1. The van der Waals surface area contributed by atoms with Crippen molar-refractivity contribution < 1.29 is 28.2 Å². The van der Waals surface area contributed by atoms with Gasteiger partial charge in [-0.1, -0.05) is 12.1 Å². The Balaban J connectivity index is 0.000000339. The molecule has 0 amide bonds. The van der Waals surface area contributed by atoms with Crippen molar-refractivity contribution in [1.29, 1.82) is 0 Å². The number of phenols is 1. The molecule has 1 aliphatic heterocycles. The molecule has 1 saturated heterocycles. The molecule has 2 N–H and O–H groups in total. The van der Waals surface area contributed by atoms with E-state index in [-0.39, 0.29) is 0 Å². The highest BCUT2D eigenvalue weighted by atomic mass is 19.4. The number of aliphatic carboxylic acids is 1. The van der Waals surface area contributed by atoms with Crippen LogP contribution in [0.25, 0.3) is 5.78 Å². The summed E-state index contributed by atoms with van der Waals surface area (Å²) in [6.45, 7) is 7.12. The summed E-state index contributed by atoms with van der Waals surface area (Å²) in [7, 11) is 0. The predicted molar refractivity (Wildman–Crippen MR) is 107 cm³/mol. The number of benzene rings is 1. The molecule has 2 aromatic heterocycles. The van der Waals surface area contributed by atoms with Crippen molar-refractivity contribution in [2.75, 3.05) is 13.1 Å². The van der Waals surface area contributed by atoms with Crippen LogP contribution >= 0.6 is 0 Å². The second-order valence-electron chi connectivity index (χ2n) is 7.54. The molecular weight excluding hydrogens is 413 g/mol. The number of fused-ring (bicyclic) bond motifs is 1. The highest BCUT2D eigenvalue weighted by Gasteiger charge is 2.38. The largest absolute Gasteiger partial charge is 0.508 e. The van der Waals surface area contributed by atoms with Crippen molar-refractivity contribution in [1.82, 2.24) is 19.3 Å². The molecule has 1 atom stereocenters. The summed E-state index contributed by atoms with van der Waals surface area (Å²) in [4.78, 5) is 20.3. The van der Waals surface area contributed by atoms with Crippen LogP contribution in [0.2, 0.25) is 0 Å². The van der Waals surface area contributed by atoms with Gasteiger partial charge in [0.05, 0.1) is 11.9 Å². The molecule has 7 nitrogen and oxygen atoms in total. The van der Waals surface area contributed by atoms with Gasteiger partial charge in [0, 0.05) is 24.5 Å². The average Bonchev–Trinajstić information content (AvgIpc) is 3.30. The Bertz CT molecular complexity index is 1060. The van der Waals surface area contributed by atoms with E-state index in [1.165, 1.54) is 17.0 Å². The van der Waals surface area contributed by atoms with E-state index >= 15 is 0 Å². The van der Waals surface area contributed by atoms with E-state index < -0.39 is 12.1 Å². The van der Waals surface area contributed by atoms with Gasteiger partial charge in [0.15, 0.2) is 0 Å². The molecule has 1 unspecified atom stereocenters. The lowest BCUT2D eigenvalue weighted by Gasteiger charge is -2.16. The van der Waals surface area contributed by atoms with Crippen molar-refractivity contribution >= 4 is 11.7 Å². The maximum atomic E-state index is 10.6. The standard InChI is InChI=1S/C19H22N4O.C2HF3O2/c1-13-9-14(2)23-17(10-20-19(23)21-13)12-22-8-7-16(11-22)15-3-5-18(24)6-4-15;3-2(4,5)1(6)7/h3-6,9-10,16,24H,7-8,11-12H2,1-2H3;(H,6,7). The number of halogens is 3. The van der Waals surface area contributed by atoms with Crippen molar-refractivity contribution in [3.63, 3.8) is 0 Å². The maximum absolute atomic E-state index is 10.6. The number of nitrogens with zero attached hydrogens (tertiary/aromatic N) is 4. The average molecular weight is 436 g/mol. The number of hydrogen-bond donors (Lipinski definition) is 2. The highest BCUT2D eigenvalue weighted by Crippen LogP contribution is 2.29. The minimum atomic E-state index is -5.08. The van der Waals surface area contributed by atoms with E-state index in [1.807, 2.05) is 25.3 Å². The Kier molecular flexibility index (Phi) is 6.49. The number of aryl methyl sites for hydroxylation is 2. The van der Waals surface area contributed by atoms with Gasteiger partial charge < -0.3 is 10.2 Å². The van der Waals surface area contributed by atoms with Crippen molar-refractivity contribution in [2.24, 2.45) is 0 Å². The number of aromatic nitrogens is 3. The van der Waals surface area contributed by atoms with Crippen LogP contribution in [0.5, 0.6) is 5.75 Å². The number of hydrogen-bond acceptors (Lipinski definition) is 5. The lowest BCUT2D eigenvalue weighted by Crippen LogP contribution is -2.21. The van der Waals surface area contributed by atoms with E-state index in [1.54, 1.807) is 12.1 Å². The fourth-order valence-electron chi connectivity index (χ4n) is 3.73. The molecule has 10 heteroatoms. The van der Waals surface area contributed by atoms with E-state index in [4.69, 9.17) is 9.90 Å². The summed E-state index contributed by atoms with van der Waals surface area (Å²) in [5.41, 5.74) is 4.69. The van der Waals surface area contributed by atoms with Gasteiger partial charge in [0.2, 0.25) is 5.78 Å². The van der Waals surface area contributed by atoms with Crippen LogP contribution in [-0.4, -0.2) is 54.7 Å². The third kappa shape index (κ3) is 5.52. The lowest BCUT2D eigenvalue weighted by molar-refractivity contribution is -0.192. The molecule has 31 heavy (non-hydrogen) atoms. The molecule has 1 fully saturated rings. The van der Waals surface area contributed by atoms with Gasteiger partial charge in [-0.05, 0) is 56.5 Å². The summed E-state index contributed by atoms with van der Waals surface area (Å²) in [6, 6.07) is 9.73. The first-order valence-electron chi connectivity index (χ1n) is 9.66. The van der Waals surface area contributed by atoms with Crippen LogP contribution in [0, 0.1) is 13.8 Å². The highest BCUT2D eigenvalue weighted by molar-refractivity contribution is 5.73. The van der Waals surface area contributed by atoms with Crippen molar-refractivity contribution in [3.8, 4) is 5.75 Å². The summed E-state index contributed by atoms with van der Waals surface area (Å²) in [5.74, 6) is -1.10. The molecule has 0 radical (unpaired) electrons. The third-order valence-corrected chi connectivity index (χ3v) is 5.13. The Morgan fingerprint density at radius 2 is 1.87 bits per heavy atom. The molecule has 0 bridgehead atoms. The van der Waals surface area contributed by atoms with Gasteiger partial charge in [-0.3, -0.25) is 9.30 Å². The molecule has 0 aliphatic carbocycles. The third-order valence-electron chi connectivity index (χ3n) is 5.13. The fraction of sp³-hybridized carbons (Fsp3) is 0.381. The molecular formula is C21H23F3N4O3. The minimum absolute atomic E-state index is 0.331. The number of alkyl halides is 3. The number of phenolic OH excluding ortho intramolecular Hbond substituents is 1. The number of carbonyl (C=O) groups is 1. The molecule has 0 spiro atoms. The number of rotatable bonds is 3.